The van der Waals surface area contributed by atoms with E-state index in [2.05, 4.69) is 59.1 Å². The summed E-state index contributed by atoms with van der Waals surface area (Å²) in [6.45, 7) is 5.62. The van der Waals surface area contributed by atoms with Crippen molar-refractivity contribution in [3.05, 3.63) is 97.1 Å². The lowest BCUT2D eigenvalue weighted by Crippen LogP contribution is -2.45. The van der Waals surface area contributed by atoms with E-state index in [-0.39, 0.29) is 24.5 Å². The smallest absolute Gasteiger partial charge is 0.338 e. The van der Waals surface area contributed by atoms with Gasteiger partial charge in [-0.3, -0.25) is 4.79 Å². The summed E-state index contributed by atoms with van der Waals surface area (Å²) in [5.74, 6) is 0.190. The maximum atomic E-state index is 12.6. The Morgan fingerprint density at radius 3 is 2.47 bits per heavy atom. The van der Waals surface area contributed by atoms with Gasteiger partial charge in [-0.05, 0) is 93.6 Å². The number of halogens is 2. The second-order valence-corrected chi connectivity index (χ2v) is 11.6. The van der Waals surface area contributed by atoms with Crippen LogP contribution in [0.3, 0.4) is 0 Å². The highest BCUT2D eigenvalue weighted by Gasteiger charge is 2.32. The van der Waals surface area contributed by atoms with Crippen molar-refractivity contribution in [2.75, 3.05) is 20.3 Å². The molecule has 1 aliphatic rings. The van der Waals surface area contributed by atoms with Gasteiger partial charge in [0, 0.05) is 5.70 Å². The quantitative estimate of drug-likeness (QED) is 0.121. The molecule has 1 atom stereocenters. The Hall–Kier alpha value is -4.36. The lowest BCUT2D eigenvalue weighted by Gasteiger charge is -2.28. The Kier molecular flexibility index (Phi) is 11.6. The van der Waals surface area contributed by atoms with Gasteiger partial charge in [0.2, 0.25) is 0 Å². The average molecular weight is 744 g/mol. The summed E-state index contributed by atoms with van der Waals surface area (Å²) in [6.07, 6.45) is 1.50. The van der Waals surface area contributed by atoms with Gasteiger partial charge in [-0.15, -0.1) is 0 Å². The van der Waals surface area contributed by atoms with Crippen molar-refractivity contribution in [1.82, 2.24) is 16.1 Å². The minimum absolute atomic E-state index is 0.184. The van der Waals surface area contributed by atoms with E-state index in [9.17, 15) is 14.4 Å². The van der Waals surface area contributed by atoms with Crippen LogP contribution in [0.25, 0.3) is 0 Å². The van der Waals surface area contributed by atoms with Crippen LogP contribution in [0.4, 0.5) is 4.79 Å². The summed E-state index contributed by atoms with van der Waals surface area (Å²) >= 11 is 7.08. The van der Waals surface area contributed by atoms with E-state index in [0.717, 1.165) is 20.1 Å². The first-order valence-corrected chi connectivity index (χ1v) is 15.4. The van der Waals surface area contributed by atoms with Crippen LogP contribution in [0, 0.1) is 6.92 Å². The van der Waals surface area contributed by atoms with Crippen LogP contribution in [-0.2, 0) is 20.9 Å². The van der Waals surface area contributed by atoms with Crippen molar-refractivity contribution in [3.8, 4) is 17.2 Å². The van der Waals surface area contributed by atoms with Gasteiger partial charge in [0.1, 0.15) is 12.4 Å². The lowest BCUT2D eigenvalue weighted by molar-refractivity contribution is -0.139. The maximum Gasteiger partial charge on any atom is 0.338 e. The summed E-state index contributed by atoms with van der Waals surface area (Å²) in [5.41, 5.74) is 6.60. The highest BCUT2D eigenvalue weighted by atomic mass is 79.9. The average Bonchev–Trinajstić information content (AvgIpc) is 2.99. The molecule has 0 fully saturated rings. The van der Waals surface area contributed by atoms with Crippen molar-refractivity contribution in [1.29, 1.82) is 0 Å². The number of carbonyl (C=O) groups is 3. The number of methoxy groups -OCH3 is 1. The Labute approximate surface area is 277 Å². The number of amides is 3. The van der Waals surface area contributed by atoms with E-state index in [1.54, 1.807) is 32.0 Å². The van der Waals surface area contributed by atoms with Gasteiger partial charge in [-0.2, -0.15) is 5.10 Å². The minimum atomic E-state index is -0.771. The van der Waals surface area contributed by atoms with Crippen molar-refractivity contribution in [3.63, 3.8) is 0 Å². The highest BCUT2D eigenvalue weighted by Crippen LogP contribution is 2.36. The molecule has 0 aromatic heterocycles. The number of ether oxygens (including phenoxy) is 4. The molecule has 1 aliphatic heterocycles. The predicted octanol–water partition coefficient (Wildman–Crippen LogP) is 5.83. The Morgan fingerprint density at radius 1 is 1.02 bits per heavy atom. The fraction of sp³-hybridized carbons (Fsp3) is 0.250. The molecule has 0 unspecified atom stereocenters. The number of benzene rings is 3. The van der Waals surface area contributed by atoms with Crippen LogP contribution >= 0.6 is 31.9 Å². The summed E-state index contributed by atoms with van der Waals surface area (Å²) in [6, 6.07) is 15.4. The fourth-order valence-corrected chi connectivity index (χ4v) is 5.96. The number of nitrogens with zero attached hydrogens (tertiary/aromatic N) is 1. The molecule has 0 saturated carbocycles. The number of hydrogen-bond acceptors (Lipinski definition) is 8. The molecule has 3 aromatic rings. The topological polar surface area (TPSA) is 137 Å². The third kappa shape index (κ3) is 8.85. The molecule has 0 saturated heterocycles. The summed E-state index contributed by atoms with van der Waals surface area (Å²) < 4.78 is 23.7. The van der Waals surface area contributed by atoms with E-state index in [1.165, 1.54) is 13.3 Å². The number of hydrazone groups is 1. The number of urea groups is 1. The zero-order chi connectivity index (χ0) is 32.5. The Bertz CT molecular complexity index is 1640. The minimum Gasteiger partial charge on any atom is -0.493 e. The molecule has 0 aliphatic carbocycles. The number of nitrogens with one attached hydrogen (secondary N) is 3. The number of esters is 1. The molecule has 4 rings (SSSR count). The van der Waals surface area contributed by atoms with Gasteiger partial charge < -0.3 is 29.6 Å². The third-order valence-corrected chi connectivity index (χ3v) is 7.71. The molecule has 1 heterocycles. The van der Waals surface area contributed by atoms with Crippen LogP contribution < -0.4 is 30.3 Å². The molecule has 0 bridgehead atoms. The predicted molar refractivity (Wildman–Crippen MR) is 175 cm³/mol. The molecule has 13 heteroatoms. The van der Waals surface area contributed by atoms with E-state index in [4.69, 9.17) is 18.9 Å². The van der Waals surface area contributed by atoms with Gasteiger partial charge in [-0.25, -0.2) is 15.0 Å². The standard InChI is InChI=1S/C32H32Br2N4O7/c1-5-43-31(40)28-19(3)36-32(41)37-29(28)22-9-10-25(26(14-22)42-4)44-17-27(39)38-35-15-21-12-23(33)30(24(34)13-21)45-16-20-8-6-7-18(2)11-20/h6-15,29H,5,16-17H2,1-4H3,(H,38,39)(H2,36,37,41)/b35-15-/t29-/m0/s1. The third-order valence-electron chi connectivity index (χ3n) is 6.53. The van der Waals surface area contributed by atoms with Crippen LogP contribution in [0.1, 0.15) is 42.1 Å². The number of carbonyl (C=O) groups excluding carboxylic acids is 3. The maximum absolute atomic E-state index is 12.6. The van der Waals surface area contributed by atoms with E-state index >= 15 is 0 Å². The number of aryl methyl sites for hydroxylation is 1. The van der Waals surface area contributed by atoms with Crippen molar-refractivity contribution in [2.24, 2.45) is 5.10 Å². The normalized spacial score (nSPS) is 14.4. The Morgan fingerprint density at radius 2 is 1.78 bits per heavy atom. The number of allylic oxidation sites excluding steroid dienone is 1. The van der Waals surface area contributed by atoms with E-state index in [0.29, 0.717) is 34.9 Å². The van der Waals surface area contributed by atoms with Crippen LogP contribution in [0.15, 0.2) is 79.9 Å². The van der Waals surface area contributed by atoms with Gasteiger partial charge >= 0.3 is 12.0 Å². The van der Waals surface area contributed by atoms with Gasteiger partial charge in [0.15, 0.2) is 18.1 Å². The van der Waals surface area contributed by atoms with E-state index < -0.39 is 23.9 Å². The zero-order valence-electron chi connectivity index (χ0n) is 25.0. The summed E-state index contributed by atoms with van der Waals surface area (Å²) in [5, 5.41) is 9.36. The molecule has 0 spiro atoms. The molecule has 236 valence electrons. The molecule has 11 nitrogen and oxygen atoms in total. The van der Waals surface area contributed by atoms with Crippen LogP contribution in [-0.4, -0.2) is 44.4 Å². The molecule has 45 heavy (non-hydrogen) atoms. The Balaban J connectivity index is 1.36. The van der Waals surface area contributed by atoms with Crippen LogP contribution in [0.2, 0.25) is 0 Å². The zero-order valence-corrected chi connectivity index (χ0v) is 28.2. The second-order valence-electron chi connectivity index (χ2n) is 9.87. The van der Waals surface area contributed by atoms with Gasteiger partial charge in [0.25, 0.3) is 5.91 Å². The monoisotopic (exact) mass is 742 g/mol. The molecular weight excluding hydrogens is 712 g/mol. The first-order chi connectivity index (χ1) is 21.6. The molecule has 0 radical (unpaired) electrons. The summed E-state index contributed by atoms with van der Waals surface area (Å²) in [7, 11) is 1.44. The largest absolute Gasteiger partial charge is 0.493 e. The van der Waals surface area contributed by atoms with Gasteiger partial charge in [-0.1, -0.05) is 35.9 Å². The second kappa shape index (κ2) is 15.6. The first-order valence-electron chi connectivity index (χ1n) is 13.8. The lowest BCUT2D eigenvalue weighted by atomic mass is 9.95. The number of hydrogen-bond donors (Lipinski definition) is 3. The molecule has 3 amide bonds. The van der Waals surface area contributed by atoms with E-state index in [1.807, 2.05) is 37.3 Å². The van der Waals surface area contributed by atoms with Crippen molar-refractivity contribution in [2.45, 2.75) is 33.4 Å². The number of rotatable bonds is 12. The molecule has 3 N–H and O–H groups in total. The van der Waals surface area contributed by atoms with Crippen molar-refractivity contribution < 1.29 is 33.3 Å². The van der Waals surface area contributed by atoms with Crippen LogP contribution in [0.5, 0.6) is 17.2 Å². The first kappa shape index (κ1) is 33.5. The highest BCUT2D eigenvalue weighted by molar-refractivity contribution is 9.11. The molecular formula is C32H32Br2N4O7. The van der Waals surface area contributed by atoms with Crippen molar-refractivity contribution >= 4 is 56.0 Å². The molecule has 3 aromatic carbocycles. The summed E-state index contributed by atoms with van der Waals surface area (Å²) in [4.78, 5) is 37.2. The SMILES string of the molecule is CCOC(=O)C1=C(C)NC(=O)N[C@H]1c1ccc(OCC(=O)N/N=C\c2cc(Br)c(OCc3cccc(C)c3)c(Br)c2)c(OC)c1. The fourth-order valence-electron chi connectivity index (χ4n) is 4.51. The van der Waals surface area contributed by atoms with Gasteiger partial charge in [0.05, 0.1) is 40.5 Å².